The van der Waals surface area contributed by atoms with Gasteiger partial charge in [0.1, 0.15) is 0 Å². The van der Waals surface area contributed by atoms with Crippen LogP contribution in [0, 0.1) is 5.92 Å². The van der Waals surface area contributed by atoms with Crippen LogP contribution < -0.4 is 5.32 Å². The first-order chi connectivity index (χ1) is 11.0. The number of fused-ring (bicyclic) bond motifs is 1. The third kappa shape index (κ3) is 4.81. The van der Waals surface area contributed by atoms with E-state index in [0.717, 1.165) is 16.3 Å². The van der Waals surface area contributed by atoms with Gasteiger partial charge < -0.3 is 10.1 Å². The fraction of sp³-hybridized carbons (Fsp3) is 0.368. The van der Waals surface area contributed by atoms with E-state index in [1.54, 1.807) is 6.92 Å². The fourth-order valence-corrected chi connectivity index (χ4v) is 2.34. The van der Waals surface area contributed by atoms with E-state index in [4.69, 9.17) is 4.74 Å². The van der Waals surface area contributed by atoms with E-state index in [2.05, 4.69) is 5.32 Å². The molecule has 0 aliphatic carbocycles. The van der Waals surface area contributed by atoms with Gasteiger partial charge in [-0.15, -0.1) is 0 Å². The molecule has 2 rings (SSSR count). The molecule has 0 saturated carbocycles. The molecule has 0 saturated heterocycles. The molecular weight excluding hydrogens is 290 g/mol. The Labute approximate surface area is 136 Å². The first-order valence-electron chi connectivity index (χ1n) is 7.91. The van der Waals surface area contributed by atoms with Gasteiger partial charge in [-0.1, -0.05) is 56.3 Å². The zero-order valence-corrected chi connectivity index (χ0v) is 13.8. The van der Waals surface area contributed by atoms with Crippen molar-refractivity contribution in [1.82, 2.24) is 5.32 Å². The van der Waals surface area contributed by atoms with Crippen molar-refractivity contribution < 1.29 is 14.3 Å². The van der Waals surface area contributed by atoms with Gasteiger partial charge in [-0.25, -0.2) is 0 Å². The highest BCUT2D eigenvalue weighted by molar-refractivity contribution is 5.90. The van der Waals surface area contributed by atoms with Crippen LogP contribution in [0.2, 0.25) is 0 Å². The van der Waals surface area contributed by atoms with Crippen LogP contribution in [-0.2, 0) is 20.7 Å². The molecule has 23 heavy (non-hydrogen) atoms. The maximum Gasteiger partial charge on any atom is 0.311 e. The van der Waals surface area contributed by atoms with Crippen LogP contribution in [0.3, 0.4) is 0 Å². The molecule has 0 aliphatic rings. The summed E-state index contributed by atoms with van der Waals surface area (Å²) >= 11 is 0. The van der Waals surface area contributed by atoms with Gasteiger partial charge in [-0.2, -0.15) is 0 Å². The summed E-state index contributed by atoms with van der Waals surface area (Å²) in [5.74, 6) is -0.295. The van der Waals surface area contributed by atoms with Crippen molar-refractivity contribution in [3.8, 4) is 0 Å². The molecule has 0 radical (unpaired) electrons. The number of ether oxygens (including phenoxy) is 1. The summed E-state index contributed by atoms with van der Waals surface area (Å²) in [6.45, 7) is 6.19. The summed E-state index contributed by atoms with van der Waals surface area (Å²) in [6, 6.07) is 13.7. The third-order valence-electron chi connectivity index (χ3n) is 3.58. The summed E-state index contributed by atoms with van der Waals surface area (Å²) in [4.78, 5) is 24.0. The quantitative estimate of drug-likeness (QED) is 0.834. The largest absolute Gasteiger partial charge is 0.452 e. The maximum absolute atomic E-state index is 12.1. The van der Waals surface area contributed by atoms with Crippen LogP contribution in [0.4, 0.5) is 0 Å². The Morgan fingerprint density at radius 3 is 2.48 bits per heavy atom. The van der Waals surface area contributed by atoms with Crippen LogP contribution in [-0.4, -0.2) is 24.5 Å². The number of carbonyl (C=O) groups excluding carboxylic acids is 2. The molecule has 0 spiro atoms. The monoisotopic (exact) mass is 313 g/mol. The number of benzene rings is 2. The molecule has 0 fully saturated rings. The van der Waals surface area contributed by atoms with E-state index in [9.17, 15) is 9.59 Å². The average molecular weight is 313 g/mol. The first-order valence-corrected chi connectivity index (χ1v) is 7.91. The first kappa shape index (κ1) is 17.0. The molecule has 1 N–H and O–H groups in total. The Hall–Kier alpha value is -2.36. The zero-order valence-electron chi connectivity index (χ0n) is 13.8. The standard InChI is InChI=1S/C19H23NO3/c1-13(2)12-20-19(22)14(3)23-18(21)11-16-9-6-8-15-7-4-5-10-17(15)16/h4-10,13-14H,11-12H2,1-3H3,(H,20,22). The van der Waals surface area contributed by atoms with Crippen LogP contribution in [0.25, 0.3) is 10.8 Å². The lowest BCUT2D eigenvalue weighted by Gasteiger charge is -2.15. The third-order valence-corrected chi connectivity index (χ3v) is 3.58. The lowest BCUT2D eigenvalue weighted by atomic mass is 10.0. The van der Waals surface area contributed by atoms with E-state index >= 15 is 0 Å². The second-order valence-electron chi connectivity index (χ2n) is 6.09. The van der Waals surface area contributed by atoms with Gasteiger partial charge in [-0.05, 0) is 29.2 Å². The normalized spacial score (nSPS) is 12.2. The van der Waals surface area contributed by atoms with Gasteiger partial charge in [0.2, 0.25) is 0 Å². The van der Waals surface area contributed by atoms with Crippen LogP contribution in [0.15, 0.2) is 42.5 Å². The molecule has 122 valence electrons. The summed E-state index contributed by atoms with van der Waals surface area (Å²) in [6.07, 6.45) is -0.625. The molecule has 4 nitrogen and oxygen atoms in total. The number of hydrogen-bond acceptors (Lipinski definition) is 3. The van der Waals surface area contributed by atoms with E-state index < -0.39 is 12.1 Å². The van der Waals surface area contributed by atoms with Gasteiger partial charge in [0.25, 0.3) is 5.91 Å². The van der Waals surface area contributed by atoms with Crippen molar-refractivity contribution in [2.75, 3.05) is 6.54 Å². The number of rotatable bonds is 6. The van der Waals surface area contributed by atoms with Crippen LogP contribution >= 0.6 is 0 Å². The van der Waals surface area contributed by atoms with Crippen molar-refractivity contribution in [2.45, 2.75) is 33.3 Å². The molecule has 0 aliphatic heterocycles. The van der Waals surface area contributed by atoms with Crippen molar-refractivity contribution >= 4 is 22.6 Å². The number of amides is 1. The molecule has 1 atom stereocenters. The predicted molar refractivity (Wildman–Crippen MR) is 91.1 cm³/mol. The Bertz CT molecular complexity index is 689. The molecular formula is C19H23NO3. The van der Waals surface area contributed by atoms with E-state index in [0.29, 0.717) is 12.5 Å². The summed E-state index contributed by atoms with van der Waals surface area (Å²) < 4.78 is 5.25. The summed E-state index contributed by atoms with van der Waals surface area (Å²) in [7, 11) is 0. The van der Waals surface area contributed by atoms with E-state index in [-0.39, 0.29) is 12.3 Å². The molecule has 0 bridgehead atoms. The summed E-state index contributed by atoms with van der Waals surface area (Å²) in [5, 5.41) is 4.88. The van der Waals surface area contributed by atoms with Crippen molar-refractivity contribution in [3.63, 3.8) is 0 Å². The second-order valence-corrected chi connectivity index (χ2v) is 6.09. The maximum atomic E-state index is 12.1. The fourth-order valence-electron chi connectivity index (χ4n) is 2.34. The average Bonchev–Trinajstić information content (AvgIpc) is 2.52. The minimum atomic E-state index is -0.781. The molecule has 2 aromatic rings. The van der Waals surface area contributed by atoms with Crippen molar-refractivity contribution in [3.05, 3.63) is 48.0 Å². The lowest BCUT2D eigenvalue weighted by Crippen LogP contribution is -2.37. The van der Waals surface area contributed by atoms with Gasteiger partial charge in [0, 0.05) is 6.54 Å². The highest BCUT2D eigenvalue weighted by Gasteiger charge is 2.18. The zero-order chi connectivity index (χ0) is 16.8. The second kappa shape index (κ2) is 7.77. The Morgan fingerprint density at radius 2 is 1.74 bits per heavy atom. The van der Waals surface area contributed by atoms with Crippen LogP contribution in [0.5, 0.6) is 0 Å². The van der Waals surface area contributed by atoms with E-state index in [1.807, 2.05) is 56.3 Å². The summed E-state index contributed by atoms with van der Waals surface area (Å²) in [5.41, 5.74) is 0.905. The number of carbonyl (C=O) groups is 2. The lowest BCUT2D eigenvalue weighted by molar-refractivity contribution is -0.154. The molecule has 0 heterocycles. The predicted octanol–water partition coefficient (Wildman–Crippen LogP) is 3.09. The highest BCUT2D eigenvalue weighted by atomic mass is 16.5. The molecule has 1 amide bonds. The number of hydrogen-bond donors (Lipinski definition) is 1. The highest BCUT2D eigenvalue weighted by Crippen LogP contribution is 2.19. The SMILES string of the molecule is CC(C)CNC(=O)C(C)OC(=O)Cc1cccc2ccccc12. The minimum absolute atomic E-state index is 0.156. The van der Waals surface area contributed by atoms with Gasteiger partial charge >= 0.3 is 5.97 Å². The smallest absolute Gasteiger partial charge is 0.311 e. The van der Waals surface area contributed by atoms with Crippen LogP contribution in [0.1, 0.15) is 26.3 Å². The van der Waals surface area contributed by atoms with Gasteiger partial charge in [0.05, 0.1) is 6.42 Å². The Morgan fingerprint density at radius 1 is 1.04 bits per heavy atom. The number of esters is 1. The molecule has 4 heteroatoms. The molecule has 2 aromatic carbocycles. The number of nitrogens with one attached hydrogen (secondary N) is 1. The molecule has 0 aromatic heterocycles. The van der Waals surface area contributed by atoms with Gasteiger partial charge in [-0.3, -0.25) is 9.59 Å². The van der Waals surface area contributed by atoms with E-state index in [1.165, 1.54) is 0 Å². The topological polar surface area (TPSA) is 55.4 Å². The Kier molecular flexibility index (Phi) is 5.74. The molecule has 1 unspecified atom stereocenters. The minimum Gasteiger partial charge on any atom is -0.452 e. The van der Waals surface area contributed by atoms with Crippen molar-refractivity contribution in [1.29, 1.82) is 0 Å². The Balaban J connectivity index is 1.97. The van der Waals surface area contributed by atoms with Gasteiger partial charge in [0.15, 0.2) is 6.10 Å². The van der Waals surface area contributed by atoms with Crippen molar-refractivity contribution in [2.24, 2.45) is 5.92 Å².